The molecule has 25 heavy (non-hydrogen) atoms. The number of aromatic nitrogens is 2. The maximum Gasteiger partial charge on any atom is 0.325 e. The molecule has 136 valence electrons. The second-order valence-electron chi connectivity index (χ2n) is 8.53. The van der Waals surface area contributed by atoms with Crippen LogP contribution in [0.25, 0.3) is 0 Å². The number of hydrogen-bond donors (Lipinski definition) is 2. The van der Waals surface area contributed by atoms with Crippen LogP contribution < -0.4 is 5.32 Å². The van der Waals surface area contributed by atoms with Gasteiger partial charge in [0.05, 0.1) is 11.8 Å². The molecule has 6 nitrogen and oxygen atoms in total. The number of hydrogen-bond acceptors (Lipinski definition) is 3. The van der Waals surface area contributed by atoms with Gasteiger partial charge in [-0.3, -0.25) is 14.3 Å². The third-order valence-corrected chi connectivity index (χ3v) is 6.73. The molecule has 0 radical (unpaired) electrons. The highest BCUT2D eigenvalue weighted by atomic mass is 16.4. The molecular weight excluding hydrogens is 318 g/mol. The molecule has 1 aromatic rings. The van der Waals surface area contributed by atoms with Crippen LogP contribution in [0.5, 0.6) is 0 Å². The van der Waals surface area contributed by atoms with Gasteiger partial charge in [0, 0.05) is 12.2 Å². The van der Waals surface area contributed by atoms with E-state index in [2.05, 4.69) is 17.3 Å². The minimum atomic E-state index is -0.963. The minimum Gasteiger partial charge on any atom is -0.480 e. The Balaban J connectivity index is 1.47. The highest BCUT2D eigenvalue weighted by Gasteiger charge is 2.54. The van der Waals surface area contributed by atoms with Crippen molar-refractivity contribution >= 4 is 11.9 Å². The fraction of sp³-hybridized carbons (Fsp3) is 0.737. The monoisotopic (exact) mass is 345 g/mol. The third-order valence-electron chi connectivity index (χ3n) is 6.73. The van der Waals surface area contributed by atoms with Crippen molar-refractivity contribution < 1.29 is 14.7 Å². The van der Waals surface area contributed by atoms with Gasteiger partial charge < -0.3 is 10.4 Å². The summed E-state index contributed by atoms with van der Waals surface area (Å²) in [7, 11) is 0. The van der Waals surface area contributed by atoms with E-state index in [0.717, 1.165) is 24.2 Å². The molecular formula is C19H27N3O3. The summed E-state index contributed by atoms with van der Waals surface area (Å²) >= 11 is 0. The first-order valence-electron chi connectivity index (χ1n) is 9.52. The van der Waals surface area contributed by atoms with E-state index >= 15 is 0 Å². The zero-order chi connectivity index (χ0) is 17.6. The molecule has 0 aromatic carbocycles. The first-order chi connectivity index (χ1) is 12.0. The van der Waals surface area contributed by atoms with E-state index in [4.69, 9.17) is 5.11 Å². The summed E-state index contributed by atoms with van der Waals surface area (Å²) in [6.45, 7) is 1.94. The van der Waals surface area contributed by atoms with E-state index in [-0.39, 0.29) is 23.9 Å². The number of carboxylic acid groups (broad SMARTS) is 1. The summed E-state index contributed by atoms with van der Waals surface area (Å²) < 4.78 is 1.29. The van der Waals surface area contributed by atoms with Crippen LogP contribution >= 0.6 is 0 Å². The van der Waals surface area contributed by atoms with E-state index in [9.17, 15) is 9.59 Å². The molecule has 6 heteroatoms. The molecule has 1 amide bonds. The van der Waals surface area contributed by atoms with Gasteiger partial charge in [0.15, 0.2) is 0 Å². The molecule has 2 N–H and O–H groups in total. The lowest BCUT2D eigenvalue weighted by Gasteiger charge is -2.59. The van der Waals surface area contributed by atoms with Crippen molar-refractivity contribution in [3.63, 3.8) is 0 Å². The molecule has 4 aliphatic carbocycles. The Morgan fingerprint density at radius 1 is 1.28 bits per heavy atom. The highest BCUT2D eigenvalue weighted by Crippen LogP contribution is 2.61. The molecule has 1 aromatic heterocycles. The van der Waals surface area contributed by atoms with Crippen LogP contribution in [0.3, 0.4) is 0 Å². The predicted octanol–water partition coefficient (Wildman–Crippen LogP) is 2.69. The zero-order valence-corrected chi connectivity index (χ0v) is 14.8. The molecule has 1 heterocycles. The lowest BCUT2D eigenvalue weighted by atomic mass is 9.47. The Labute approximate surface area is 148 Å². The maximum absolute atomic E-state index is 12.7. The summed E-state index contributed by atoms with van der Waals surface area (Å²) in [6.07, 6.45) is 11.9. The second kappa shape index (κ2) is 6.15. The normalized spacial score (nSPS) is 34.0. The van der Waals surface area contributed by atoms with Gasteiger partial charge in [-0.25, -0.2) is 0 Å². The van der Waals surface area contributed by atoms with E-state index in [0.29, 0.717) is 5.56 Å². The summed E-state index contributed by atoms with van der Waals surface area (Å²) in [6, 6.07) is 0.205. The van der Waals surface area contributed by atoms with Gasteiger partial charge in [0.1, 0.15) is 6.54 Å². The van der Waals surface area contributed by atoms with Crippen molar-refractivity contribution in [3.8, 4) is 0 Å². The number of nitrogens with one attached hydrogen (secondary N) is 1. The summed E-state index contributed by atoms with van der Waals surface area (Å²) in [5.74, 6) is 1.48. The van der Waals surface area contributed by atoms with Crippen LogP contribution in [0, 0.1) is 23.2 Å². The van der Waals surface area contributed by atoms with Gasteiger partial charge in [-0.1, -0.05) is 6.92 Å². The van der Waals surface area contributed by atoms with Crippen LogP contribution in [0.2, 0.25) is 0 Å². The van der Waals surface area contributed by atoms with E-state index in [1.54, 1.807) is 0 Å². The number of aliphatic carboxylic acids is 1. The van der Waals surface area contributed by atoms with Crippen LogP contribution in [-0.2, 0) is 11.3 Å². The largest absolute Gasteiger partial charge is 0.480 e. The van der Waals surface area contributed by atoms with Crippen molar-refractivity contribution in [1.82, 2.24) is 15.1 Å². The van der Waals surface area contributed by atoms with E-state index in [1.807, 2.05) is 0 Å². The second-order valence-corrected chi connectivity index (χ2v) is 8.53. The van der Waals surface area contributed by atoms with E-state index in [1.165, 1.54) is 55.6 Å². The van der Waals surface area contributed by atoms with Crippen molar-refractivity contribution in [1.29, 1.82) is 0 Å². The Kier molecular flexibility index (Phi) is 4.08. The fourth-order valence-electron chi connectivity index (χ4n) is 6.24. The van der Waals surface area contributed by atoms with Crippen LogP contribution in [0.1, 0.15) is 62.2 Å². The molecule has 0 saturated heterocycles. The van der Waals surface area contributed by atoms with Gasteiger partial charge in [0.2, 0.25) is 0 Å². The number of rotatable bonds is 6. The number of carbonyl (C=O) groups is 2. The maximum atomic E-state index is 12.7. The minimum absolute atomic E-state index is 0.126. The summed E-state index contributed by atoms with van der Waals surface area (Å²) in [5, 5.41) is 16.1. The average Bonchev–Trinajstić information content (AvgIpc) is 2.98. The van der Waals surface area contributed by atoms with Crippen molar-refractivity contribution in [2.75, 3.05) is 0 Å². The molecule has 4 saturated carbocycles. The van der Waals surface area contributed by atoms with Crippen LogP contribution in [-0.4, -0.2) is 32.8 Å². The molecule has 0 aliphatic heterocycles. The van der Waals surface area contributed by atoms with Gasteiger partial charge >= 0.3 is 5.97 Å². The first kappa shape index (κ1) is 16.6. The van der Waals surface area contributed by atoms with E-state index < -0.39 is 5.97 Å². The smallest absolute Gasteiger partial charge is 0.325 e. The van der Waals surface area contributed by atoms with Crippen LogP contribution in [0.4, 0.5) is 0 Å². The van der Waals surface area contributed by atoms with Crippen molar-refractivity contribution in [3.05, 3.63) is 18.0 Å². The van der Waals surface area contributed by atoms with Crippen LogP contribution in [0.15, 0.2) is 12.4 Å². The predicted molar refractivity (Wildman–Crippen MR) is 92.0 cm³/mol. The quantitative estimate of drug-likeness (QED) is 0.830. The summed E-state index contributed by atoms with van der Waals surface area (Å²) in [4.78, 5) is 23.5. The molecule has 1 atom stereocenters. The Hall–Kier alpha value is -1.85. The van der Waals surface area contributed by atoms with Gasteiger partial charge in [0.25, 0.3) is 5.91 Å². The van der Waals surface area contributed by atoms with Gasteiger partial charge in [-0.15, -0.1) is 0 Å². The Morgan fingerprint density at radius 3 is 2.40 bits per heavy atom. The zero-order valence-electron chi connectivity index (χ0n) is 14.8. The number of carbonyl (C=O) groups excluding carboxylic acids is 1. The highest BCUT2D eigenvalue weighted by molar-refractivity contribution is 5.94. The Morgan fingerprint density at radius 2 is 1.88 bits per heavy atom. The Bertz CT molecular complexity index is 646. The van der Waals surface area contributed by atoms with Crippen molar-refractivity contribution in [2.45, 2.75) is 64.5 Å². The van der Waals surface area contributed by atoms with Crippen molar-refractivity contribution in [2.24, 2.45) is 23.2 Å². The molecule has 4 aliphatic rings. The van der Waals surface area contributed by atoms with Gasteiger partial charge in [-0.05, 0) is 68.1 Å². The first-order valence-corrected chi connectivity index (χ1v) is 9.52. The number of amides is 1. The average molecular weight is 345 g/mol. The lowest BCUT2D eigenvalue weighted by Crippen LogP contribution is -2.56. The topological polar surface area (TPSA) is 84.2 Å². The number of nitrogens with zero attached hydrogens (tertiary/aromatic N) is 2. The molecule has 1 unspecified atom stereocenters. The molecule has 4 fully saturated rings. The lowest BCUT2D eigenvalue weighted by molar-refractivity contribution is -0.137. The van der Waals surface area contributed by atoms with Gasteiger partial charge in [-0.2, -0.15) is 5.10 Å². The fourth-order valence-corrected chi connectivity index (χ4v) is 6.24. The molecule has 5 rings (SSSR count). The number of carboxylic acids is 1. The standard InChI is InChI=1S/C19H27N3O3/c1-2-16(19-6-12-3-13(7-19)5-14(4-12)8-19)21-18(25)15-9-20-22(10-15)11-17(23)24/h9-10,12-14,16H,2-8,11H2,1H3,(H,21,25)(H,23,24). The SMILES string of the molecule is CCC(NC(=O)c1cnn(CC(=O)O)c1)C12CC3CC(CC(C3)C1)C2. The third kappa shape index (κ3) is 3.07. The summed E-state index contributed by atoms with van der Waals surface area (Å²) in [5.41, 5.74) is 0.723. The molecule has 4 bridgehead atoms. The molecule has 0 spiro atoms.